The van der Waals surface area contributed by atoms with Crippen molar-refractivity contribution in [2.75, 3.05) is 14.1 Å². The van der Waals surface area contributed by atoms with Crippen LogP contribution in [0.5, 0.6) is 0 Å². The monoisotopic (exact) mass is 271 g/mol. The molecule has 3 nitrogen and oxygen atoms in total. The fourth-order valence-electron chi connectivity index (χ4n) is 2.43. The van der Waals surface area contributed by atoms with Crippen molar-refractivity contribution in [2.24, 2.45) is 4.99 Å². The zero-order chi connectivity index (χ0) is 14.0. The number of rotatable bonds is 2. The summed E-state index contributed by atoms with van der Waals surface area (Å²) in [6.45, 7) is 9.52. The number of thiophene rings is 1. The van der Waals surface area contributed by atoms with Crippen LogP contribution >= 0.6 is 11.3 Å². The summed E-state index contributed by atoms with van der Waals surface area (Å²) < 4.78 is 0. The topological polar surface area (TPSA) is 20.0 Å². The number of hydrogen-bond donors (Lipinski definition) is 0. The van der Waals surface area contributed by atoms with Crippen LogP contribution in [0.1, 0.15) is 30.2 Å². The maximum atomic E-state index is 7.45. The van der Waals surface area contributed by atoms with Gasteiger partial charge in [0, 0.05) is 19.5 Å². The molecule has 98 valence electrons. The van der Waals surface area contributed by atoms with Crippen LogP contribution < -0.4 is 0 Å². The quantitative estimate of drug-likeness (QED) is 0.347. The van der Waals surface area contributed by atoms with Crippen LogP contribution in [0.3, 0.4) is 0 Å². The lowest BCUT2D eigenvalue weighted by atomic mass is 9.74. The maximum Gasteiger partial charge on any atom is 0.227 e. The Morgan fingerprint density at radius 1 is 1.58 bits per heavy atom. The minimum atomic E-state index is -0.310. The van der Waals surface area contributed by atoms with Gasteiger partial charge in [0.05, 0.1) is 12.9 Å². The molecule has 1 aromatic heterocycles. The Morgan fingerprint density at radius 3 is 2.89 bits per heavy atom. The fraction of sp³-hybridized carbons (Fsp3) is 0.467. The molecule has 1 aliphatic carbocycles. The third-order valence-electron chi connectivity index (χ3n) is 3.41. The number of nitrogens with zero attached hydrogens (tertiary/aromatic N) is 3. The van der Waals surface area contributed by atoms with Crippen molar-refractivity contribution >= 4 is 28.4 Å². The molecule has 0 aliphatic heterocycles. The van der Waals surface area contributed by atoms with Crippen LogP contribution in [-0.2, 0) is 11.8 Å². The van der Waals surface area contributed by atoms with Crippen LogP contribution in [0.25, 0.3) is 4.85 Å². The Kier molecular flexibility index (Phi) is 3.64. The number of aliphatic imine (C=N–C) groups is 1. The van der Waals surface area contributed by atoms with Gasteiger partial charge in [-0.1, -0.05) is 5.92 Å². The first kappa shape index (κ1) is 13.6. The third kappa shape index (κ3) is 2.37. The number of terminal acetylenes is 1. The summed E-state index contributed by atoms with van der Waals surface area (Å²) in [5, 5.41) is 0.789. The zero-order valence-corrected chi connectivity index (χ0v) is 12.3. The number of aryl methyl sites for hydroxylation is 1. The molecule has 1 atom stereocenters. The van der Waals surface area contributed by atoms with E-state index in [1.165, 1.54) is 4.88 Å². The molecule has 0 fully saturated rings. The van der Waals surface area contributed by atoms with E-state index in [0.717, 1.165) is 29.8 Å². The van der Waals surface area contributed by atoms with E-state index in [0.29, 0.717) is 5.69 Å². The Balaban J connectivity index is 2.58. The van der Waals surface area contributed by atoms with Gasteiger partial charge in [0.1, 0.15) is 5.00 Å². The van der Waals surface area contributed by atoms with Crippen molar-refractivity contribution in [3.8, 4) is 12.3 Å². The second-order valence-corrected chi connectivity index (χ2v) is 6.29. The average Bonchev–Trinajstić information content (AvgIpc) is 2.75. The van der Waals surface area contributed by atoms with Crippen LogP contribution in [0.4, 0.5) is 10.7 Å². The molecule has 0 aromatic carbocycles. The first-order valence-corrected chi connectivity index (χ1v) is 7.05. The lowest BCUT2D eigenvalue weighted by Crippen LogP contribution is -2.24. The molecule has 0 bridgehead atoms. The highest BCUT2D eigenvalue weighted by Crippen LogP contribution is 2.51. The first-order chi connectivity index (χ1) is 9.01. The largest absolute Gasteiger partial charge is 0.369 e. The highest BCUT2D eigenvalue weighted by atomic mass is 32.1. The van der Waals surface area contributed by atoms with E-state index in [9.17, 15) is 0 Å². The van der Waals surface area contributed by atoms with Gasteiger partial charge in [0.15, 0.2) is 0 Å². The van der Waals surface area contributed by atoms with Gasteiger partial charge >= 0.3 is 0 Å². The van der Waals surface area contributed by atoms with Gasteiger partial charge < -0.3 is 4.90 Å². The molecule has 0 radical (unpaired) electrons. The van der Waals surface area contributed by atoms with Gasteiger partial charge in [-0.15, -0.1) is 17.8 Å². The van der Waals surface area contributed by atoms with Crippen LogP contribution in [0, 0.1) is 18.9 Å². The van der Waals surface area contributed by atoms with Crippen LogP contribution in [0.2, 0.25) is 0 Å². The fourth-order valence-corrected chi connectivity index (χ4v) is 3.68. The molecule has 0 unspecified atom stereocenters. The predicted octanol–water partition coefficient (Wildman–Crippen LogP) is 3.75. The molecule has 1 heterocycles. The molecular formula is C15H17N3S. The molecule has 0 saturated carbocycles. The minimum Gasteiger partial charge on any atom is -0.369 e. The average molecular weight is 271 g/mol. The number of hydrogen-bond acceptors (Lipinski definition) is 2. The smallest absolute Gasteiger partial charge is 0.227 e. The van der Waals surface area contributed by atoms with Gasteiger partial charge in [-0.2, -0.15) is 0 Å². The van der Waals surface area contributed by atoms with Crippen LogP contribution in [-0.4, -0.2) is 25.3 Å². The van der Waals surface area contributed by atoms with E-state index >= 15 is 0 Å². The predicted molar refractivity (Wildman–Crippen MR) is 81.5 cm³/mol. The second-order valence-electron chi connectivity index (χ2n) is 5.20. The summed E-state index contributed by atoms with van der Waals surface area (Å²) in [4.78, 5) is 11.2. The number of fused-ring (bicyclic) bond motifs is 1. The minimum absolute atomic E-state index is 0.310. The first-order valence-electron chi connectivity index (χ1n) is 6.24. The molecule has 19 heavy (non-hydrogen) atoms. The van der Waals surface area contributed by atoms with Crippen molar-refractivity contribution in [3.05, 3.63) is 21.9 Å². The van der Waals surface area contributed by atoms with E-state index in [1.54, 1.807) is 17.7 Å². The molecule has 0 N–H and O–H groups in total. The molecule has 0 amide bonds. The maximum absolute atomic E-state index is 7.45. The Labute approximate surface area is 118 Å². The van der Waals surface area contributed by atoms with Crippen molar-refractivity contribution in [3.63, 3.8) is 0 Å². The zero-order valence-electron chi connectivity index (χ0n) is 11.5. The van der Waals surface area contributed by atoms with E-state index in [2.05, 4.69) is 22.7 Å². The van der Waals surface area contributed by atoms with Gasteiger partial charge in [0.2, 0.25) is 5.69 Å². The third-order valence-corrected chi connectivity index (χ3v) is 4.55. The van der Waals surface area contributed by atoms with E-state index in [1.807, 2.05) is 19.0 Å². The molecule has 1 aliphatic rings. The second kappa shape index (κ2) is 5.07. The van der Waals surface area contributed by atoms with Gasteiger partial charge in [-0.05, 0) is 36.6 Å². The highest BCUT2D eigenvalue weighted by Gasteiger charge is 2.35. The molecule has 2 rings (SSSR count). The summed E-state index contributed by atoms with van der Waals surface area (Å²) in [7, 11) is 3.83. The van der Waals surface area contributed by atoms with E-state index < -0.39 is 0 Å². The lowest BCUT2D eigenvalue weighted by molar-refractivity contribution is 0.505. The SMILES string of the molecule is [C-]#[N+]c1c(/N=C/N(C)C)sc2c1[C@@](C)(C#C)CCC2. The van der Waals surface area contributed by atoms with Crippen molar-refractivity contribution in [1.82, 2.24) is 4.90 Å². The van der Waals surface area contributed by atoms with Crippen LogP contribution in [0.15, 0.2) is 4.99 Å². The van der Waals surface area contributed by atoms with Gasteiger partial charge in [-0.25, -0.2) is 9.84 Å². The van der Waals surface area contributed by atoms with Gasteiger partial charge in [0.25, 0.3) is 0 Å². The Morgan fingerprint density at radius 2 is 2.32 bits per heavy atom. The molecule has 0 spiro atoms. The lowest BCUT2D eigenvalue weighted by Gasteiger charge is -2.29. The van der Waals surface area contributed by atoms with Crippen molar-refractivity contribution in [2.45, 2.75) is 31.6 Å². The summed E-state index contributed by atoms with van der Waals surface area (Å²) in [6, 6.07) is 0. The summed E-state index contributed by atoms with van der Waals surface area (Å²) in [6.07, 6.45) is 10.5. The molecule has 1 aromatic rings. The van der Waals surface area contributed by atoms with Crippen molar-refractivity contribution in [1.29, 1.82) is 0 Å². The molecule has 0 saturated heterocycles. The standard InChI is InChI=1S/C15H17N3S/c1-6-15(2)9-7-8-11-12(15)13(16-3)14(19-11)17-10-18(4)5/h1,10H,7-9H2,2,4-5H3/b17-10+/t15-/m0/s1. The van der Waals surface area contributed by atoms with Crippen molar-refractivity contribution < 1.29 is 0 Å². The normalized spacial score (nSPS) is 21.7. The van der Waals surface area contributed by atoms with Gasteiger partial charge in [-0.3, -0.25) is 0 Å². The van der Waals surface area contributed by atoms with E-state index in [4.69, 9.17) is 13.0 Å². The summed E-state index contributed by atoms with van der Waals surface area (Å²) in [5.41, 5.74) is 1.39. The molecule has 4 heteroatoms. The Bertz CT molecular complexity index is 598. The van der Waals surface area contributed by atoms with E-state index in [-0.39, 0.29) is 5.41 Å². The Hall–Kier alpha value is -1.78. The summed E-state index contributed by atoms with van der Waals surface area (Å²) in [5.74, 6) is 2.89. The summed E-state index contributed by atoms with van der Waals surface area (Å²) >= 11 is 1.61. The molecular weight excluding hydrogens is 254 g/mol. The highest BCUT2D eigenvalue weighted by molar-refractivity contribution is 7.16.